The van der Waals surface area contributed by atoms with Gasteiger partial charge in [0.25, 0.3) is 0 Å². The van der Waals surface area contributed by atoms with Gasteiger partial charge in [-0.2, -0.15) is 0 Å². The molecule has 1 nitrogen and oxygen atoms in total. The summed E-state index contributed by atoms with van der Waals surface area (Å²) in [6.45, 7) is 0. The molecule has 1 aliphatic rings. The lowest BCUT2D eigenvalue weighted by Gasteiger charge is -2.35. The van der Waals surface area contributed by atoms with Crippen LogP contribution in [-0.4, -0.2) is 0 Å². The third kappa shape index (κ3) is 6.26. The molecule has 0 bridgehead atoms. The van der Waals surface area contributed by atoms with Crippen molar-refractivity contribution in [3.05, 3.63) is 283 Å². The van der Waals surface area contributed by atoms with Crippen molar-refractivity contribution in [1.29, 1.82) is 0 Å². The number of fused-ring (bicyclic) bond motifs is 3. The minimum atomic E-state index is -0.527. The maximum atomic E-state index is 2.47. The van der Waals surface area contributed by atoms with Gasteiger partial charge in [-0.3, -0.25) is 0 Å². The van der Waals surface area contributed by atoms with Crippen LogP contribution < -0.4 is 4.90 Å². The monoisotopic (exact) mass is 789 g/mol. The molecule has 0 fully saturated rings. The molecule has 0 saturated heterocycles. The van der Waals surface area contributed by atoms with Crippen molar-refractivity contribution < 1.29 is 0 Å². The molecule has 0 unspecified atom stereocenters. The average Bonchev–Trinajstić information content (AvgIpc) is 3.66. The second-order valence-corrected chi connectivity index (χ2v) is 16.0. The van der Waals surface area contributed by atoms with Crippen LogP contribution in [0.3, 0.4) is 0 Å². The Morgan fingerprint density at radius 1 is 0.242 bits per heavy atom. The third-order valence-electron chi connectivity index (χ3n) is 12.6. The van der Waals surface area contributed by atoms with E-state index in [0.29, 0.717) is 0 Å². The number of anilines is 3. The topological polar surface area (TPSA) is 3.24 Å². The van der Waals surface area contributed by atoms with Crippen LogP contribution in [-0.2, 0) is 5.41 Å². The van der Waals surface area contributed by atoms with Gasteiger partial charge in [0.05, 0.1) is 11.1 Å². The van der Waals surface area contributed by atoms with Gasteiger partial charge in [0, 0.05) is 16.9 Å². The molecule has 292 valence electrons. The fourth-order valence-corrected chi connectivity index (χ4v) is 9.87. The molecule has 0 atom stereocenters. The molecule has 0 heterocycles. The minimum Gasteiger partial charge on any atom is -0.310 e. The SMILES string of the molecule is c1ccc(-c2ccc(N(c3ccc4c(c3)C(c3ccccc3)(c3ccccc3)c3ccccc3-4)c3ccccc3-c3ccccc3-c3ccccc3-c3ccccc3)cc2)cc1. The average molecular weight is 790 g/mol. The van der Waals surface area contributed by atoms with Crippen LogP contribution in [0, 0.1) is 0 Å². The lowest BCUT2D eigenvalue weighted by molar-refractivity contribution is 0.768. The molecule has 10 aromatic carbocycles. The Hall–Kier alpha value is -8.00. The Morgan fingerprint density at radius 2 is 0.645 bits per heavy atom. The highest BCUT2D eigenvalue weighted by Gasteiger charge is 2.46. The summed E-state index contributed by atoms with van der Waals surface area (Å²) < 4.78 is 0. The highest BCUT2D eigenvalue weighted by atomic mass is 15.1. The molecule has 1 heteroatoms. The van der Waals surface area contributed by atoms with E-state index in [-0.39, 0.29) is 0 Å². The maximum absolute atomic E-state index is 2.47. The van der Waals surface area contributed by atoms with Gasteiger partial charge >= 0.3 is 0 Å². The Balaban J connectivity index is 1.16. The number of nitrogens with zero attached hydrogens (tertiary/aromatic N) is 1. The molecular formula is C61H43N. The summed E-state index contributed by atoms with van der Waals surface area (Å²) in [5, 5.41) is 0. The molecule has 62 heavy (non-hydrogen) atoms. The summed E-state index contributed by atoms with van der Waals surface area (Å²) in [6, 6.07) is 95.3. The lowest BCUT2D eigenvalue weighted by atomic mass is 9.67. The largest absolute Gasteiger partial charge is 0.310 e. The zero-order chi connectivity index (χ0) is 41.3. The fraction of sp³-hybridized carbons (Fsp3) is 0.0164. The van der Waals surface area contributed by atoms with Crippen molar-refractivity contribution in [1.82, 2.24) is 0 Å². The van der Waals surface area contributed by atoms with E-state index in [9.17, 15) is 0 Å². The van der Waals surface area contributed by atoms with E-state index in [4.69, 9.17) is 0 Å². The molecular weight excluding hydrogens is 747 g/mol. The Labute approximate surface area is 364 Å². The van der Waals surface area contributed by atoms with Crippen molar-refractivity contribution in [3.8, 4) is 55.6 Å². The smallest absolute Gasteiger partial charge is 0.0714 e. The first-order valence-electron chi connectivity index (χ1n) is 21.4. The molecule has 0 spiro atoms. The summed E-state index contributed by atoms with van der Waals surface area (Å²) in [5.41, 5.74) is 19.9. The van der Waals surface area contributed by atoms with E-state index in [1.165, 1.54) is 72.3 Å². The van der Waals surface area contributed by atoms with E-state index in [1.807, 2.05) is 0 Å². The van der Waals surface area contributed by atoms with Crippen LogP contribution in [0.1, 0.15) is 22.3 Å². The van der Waals surface area contributed by atoms with Crippen molar-refractivity contribution in [2.24, 2.45) is 0 Å². The van der Waals surface area contributed by atoms with Gasteiger partial charge in [0.1, 0.15) is 0 Å². The van der Waals surface area contributed by atoms with Crippen LogP contribution in [0.4, 0.5) is 17.1 Å². The molecule has 0 aromatic heterocycles. The third-order valence-corrected chi connectivity index (χ3v) is 12.6. The van der Waals surface area contributed by atoms with Gasteiger partial charge in [0.15, 0.2) is 0 Å². The van der Waals surface area contributed by atoms with Crippen LogP contribution in [0.25, 0.3) is 55.6 Å². The predicted molar refractivity (Wildman–Crippen MR) is 260 cm³/mol. The summed E-state index contributed by atoms with van der Waals surface area (Å²) in [6.07, 6.45) is 0. The summed E-state index contributed by atoms with van der Waals surface area (Å²) in [4.78, 5) is 2.47. The van der Waals surface area contributed by atoms with E-state index in [1.54, 1.807) is 0 Å². The number of para-hydroxylation sites is 1. The molecule has 0 N–H and O–H groups in total. The van der Waals surface area contributed by atoms with Gasteiger partial charge in [-0.05, 0) is 103 Å². The second kappa shape index (κ2) is 15.9. The first kappa shape index (κ1) is 37.0. The number of benzene rings is 10. The van der Waals surface area contributed by atoms with Crippen molar-refractivity contribution in [2.45, 2.75) is 5.41 Å². The zero-order valence-corrected chi connectivity index (χ0v) is 34.3. The number of hydrogen-bond acceptors (Lipinski definition) is 1. The van der Waals surface area contributed by atoms with Crippen LogP contribution >= 0.6 is 0 Å². The Morgan fingerprint density at radius 3 is 1.26 bits per heavy atom. The zero-order valence-electron chi connectivity index (χ0n) is 34.3. The summed E-state index contributed by atoms with van der Waals surface area (Å²) in [5.74, 6) is 0. The van der Waals surface area contributed by atoms with Crippen molar-refractivity contribution >= 4 is 17.1 Å². The molecule has 0 aliphatic heterocycles. The van der Waals surface area contributed by atoms with Crippen LogP contribution in [0.2, 0.25) is 0 Å². The normalized spacial score (nSPS) is 12.3. The van der Waals surface area contributed by atoms with Crippen molar-refractivity contribution in [3.63, 3.8) is 0 Å². The van der Waals surface area contributed by atoms with E-state index >= 15 is 0 Å². The van der Waals surface area contributed by atoms with Crippen molar-refractivity contribution in [2.75, 3.05) is 4.90 Å². The molecule has 10 aromatic rings. The van der Waals surface area contributed by atoms with E-state index in [0.717, 1.165) is 22.6 Å². The predicted octanol–water partition coefficient (Wildman–Crippen LogP) is 16.2. The highest BCUT2D eigenvalue weighted by molar-refractivity contribution is 5.98. The standard InChI is InChI=1S/C61H43N/c1-5-21-44(22-6-1)45-37-39-49(40-38-45)62(60-36-20-18-34-57(60)54-32-16-15-31-53(54)52-30-14-13-29-51(52)46-23-7-2-8-24-46)50-41-42-56-55-33-17-19-35-58(55)61(59(56)43-50,47-25-9-3-10-26-47)48-27-11-4-12-28-48/h1-43H. The second-order valence-electron chi connectivity index (χ2n) is 16.0. The fourth-order valence-electron chi connectivity index (χ4n) is 9.87. The minimum absolute atomic E-state index is 0.527. The number of rotatable bonds is 9. The highest BCUT2D eigenvalue weighted by Crippen LogP contribution is 2.57. The van der Waals surface area contributed by atoms with Gasteiger partial charge in [-0.25, -0.2) is 0 Å². The van der Waals surface area contributed by atoms with E-state index < -0.39 is 5.41 Å². The Bertz CT molecular complexity index is 3110. The molecule has 0 saturated carbocycles. The van der Waals surface area contributed by atoms with Gasteiger partial charge in [-0.15, -0.1) is 0 Å². The summed E-state index contributed by atoms with van der Waals surface area (Å²) >= 11 is 0. The maximum Gasteiger partial charge on any atom is 0.0714 e. The summed E-state index contributed by atoms with van der Waals surface area (Å²) in [7, 11) is 0. The molecule has 0 amide bonds. The number of hydrogen-bond donors (Lipinski definition) is 0. The first-order chi connectivity index (χ1) is 30.8. The van der Waals surface area contributed by atoms with Gasteiger partial charge < -0.3 is 4.90 Å². The lowest BCUT2D eigenvalue weighted by Crippen LogP contribution is -2.28. The van der Waals surface area contributed by atoms with Gasteiger partial charge in [-0.1, -0.05) is 231 Å². The van der Waals surface area contributed by atoms with Gasteiger partial charge in [0.2, 0.25) is 0 Å². The van der Waals surface area contributed by atoms with Crippen LogP contribution in [0.5, 0.6) is 0 Å². The van der Waals surface area contributed by atoms with Crippen LogP contribution in [0.15, 0.2) is 261 Å². The quantitative estimate of drug-likeness (QED) is 0.141. The first-order valence-corrected chi connectivity index (χ1v) is 21.4. The Kier molecular flexibility index (Phi) is 9.48. The van der Waals surface area contributed by atoms with E-state index in [2.05, 4.69) is 266 Å². The molecule has 0 radical (unpaired) electrons. The molecule has 1 aliphatic carbocycles. The molecule has 11 rings (SSSR count).